The Morgan fingerprint density at radius 2 is 2.29 bits per heavy atom. The first-order chi connectivity index (χ1) is 9.88. The van der Waals surface area contributed by atoms with E-state index in [0.29, 0.717) is 5.01 Å². The number of rotatable bonds is 5. The number of hydrogen-bond acceptors (Lipinski definition) is 6. The maximum Gasteiger partial charge on any atom is 0.355 e. The lowest BCUT2D eigenvalue weighted by Gasteiger charge is -2.06. The van der Waals surface area contributed by atoms with Crippen molar-refractivity contribution in [2.24, 2.45) is 0 Å². The first-order valence-corrected chi connectivity index (χ1v) is 7.39. The van der Waals surface area contributed by atoms with Gasteiger partial charge in [0.05, 0.1) is 15.0 Å². The summed E-state index contributed by atoms with van der Waals surface area (Å²) in [6, 6.07) is 2.16. The molecular formula is C11H7FIN3O4S. The Morgan fingerprint density at radius 3 is 2.86 bits per heavy atom. The van der Waals surface area contributed by atoms with E-state index in [1.807, 2.05) is 0 Å². The highest BCUT2D eigenvalue weighted by molar-refractivity contribution is 14.1. The number of nitrogens with one attached hydrogen (secondary N) is 1. The summed E-state index contributed by atoms with van der Waals surface area (Å²) in [6.45, 7) is 0.0683. The Labute approximate surface area is 135 Å². The molecule has 0 amide bonds. The average molecular weight is 423 g/mol. The maximum atomic E-state index is 13.5. The molecule has 21 heavy (non-hydrogen) atoms. The summed E-state index contributed by atoms with van der Waals surface area (Å²) < 4.78 is 13.6. The second kappa shape index (κ2) is 6.30. The average Bonchev–Trinajstić information content (AvgIpc) is 2.88. The van der Waals surface area contributed by atoms with Crippen LogP contribution in [0.4, 0.5) is 15.8 Å². The van der Waals surface area contributed by atoms with Crippen LogP contribution in [0.25, 0.3) is 0 Å². The molecule has 10 heteroatoms. The minimum absolute atomic E-state index is 0.0185. The van der Waals surface area contributed by atoms with Crippen LogP contribution in [0.3, 0.4) is 0 Å². The molecule has 0 aliphatic carbocycles. The van der Waals surface area contributed by atoms with Gasteiger partial charge in [0.1, 0.15) is 16.5 Å². The molecule has 0 fully saturated rings. The molecule has 2 aromatic rings. The fraction of sp³-hybridized carbons (Fsp3) is 0.0909. The monoisotopic (exact) mass is 423 g/mol. The van der Waals surface area contributed by atoms with E-state index < -0.39 is 16.7 Å². The lowest BCUT2D eigenvalue weighted by molar-refractivity contribution is -0.384. The number of nitro groups is 1. The number of thiazole rings is 1. The molecule has 1 heterocycles. The molecule has 0 saturated carbocycles. The van der Waals surface area contributed by atoms with Gasteiger partial charge in [-0.15, -0.1) is 11.3 Å². The normalized spacial score (nSPS) is 10.4. The number of carboxylic acids is 1. The van der Waals surface area contributed by atoms with E-state index in [2.05, 4.69) is 10.3 Å². The molecule has 7 nitrogen and oxygen atoms in total. The number of aromatic nitrogens is 1. The van der Waals surface area contributed by atoms with Crippen LogP contribution in [-0.2, 0) is 6.54 Å². The van der Waals surface area contributed by atoms with Crippen molar-refractivity contribution >= 4 is 51.3 Å². The van der Waals surface area contributed by atoms with Crippen LogP contribution in [0.15, 0.2) is 17.5 Å². The molecule has 0 unspecified atom stereocenters. The van der Waals surface area contributed by atoms with E-state index in [4.69, 9.17) is 5.11 Å². The Kier molecular flexibility index (Phi) is 4.67. The van der Waals surface area contributed by atoms with Gasteiger partial charge in [-0.1, -0.05) is 0 Å². The molecule has 0 spiro atoms. The van der Waals surface area contributed by atoms with Crippen molar-refractivity contribution in [2.75, 3.05) is 5.32 Å². The highest BCUT2D eigenvalue weighted by atomic mass is 127. The van der Waals surface area contributed by atoms with E-state index in [-0.39, 0.29) is 27.2 Å². The number of benzene rings is 1. The zero-order valence-electron chi connectivity index (χ0n) is 10.2. The van der Waals surface area contributed by atoms with Gasteiger partial charge in [-0.2, -0.15) is 0 Å². The highest BCUT2D eigenvalue weighted by Crippen LogP contribution is 2.29. The van der Waals surface area contributed by atoms with Gasteiger partial charge < -0.3 is 10.4 Å². The van der Waals surface area contributed by atoms with E-state index in [9.17, 15) is 19.3 Å². The lowest BCUT2D eigenvalue weighted by Crippen LogP contribution is -2.04. The third-order valence-corrected chi connectivity index (χ3v) is 4.11. The van der Waals surface area contributed by atoms with Crippen molar-refractivity contribution in [1.29, 1.82) is 0 Å². The van der Waals surface area contributed by atoms with Gasteiger partial charge in [0, 0.05) is 17.5 Å². The zero-order valence-corrected chi connectivity index (χ0v) is 13.1. The van der Waals surface area contributed by atoms with Gasteiger partial charge in [-0.3, -0.25) is 10.1 Å². The van der Waals surface area contributed by atoms with Crippen molar-refractivity contribution in [3.05, 3.63) is 47.7 Å². The fourth-order valence-corrected chi connectivity index (χ4v) is 2.65. The first-order valence-electron chi connectivity index (χ1n) is 5.43. The summed E-state index contributed by atoms with van der Waals surface area (Å²) in [7, 11) is 0. The predicted octanol–water partition coefficient (Wildman–Crippen LogP) is 3.11. The number of nitrogens with zero attached hydrogens (tertiary/aromatic N) is 2. The Morgan fingerprint density at radius 1 is 1.57 bits per heavy atom. The third kappa shape index (κ3) is 3.64. The van der Waals surface area contributed by atoms with Crippen LogP contribution in [0.5, 0.6) is 0 Å². The van der Waals surface area contributed by atoms with Crippen molar-refractivity contribution in [3.63, 3.8) is 0 Å². The van der Waals surface area contributed by atoms with Crippen molar-refractivity contribution in [1.82, 2.24) is 4.98 Å². The molecule has 0 aliphatic rings. The van der Waals surface area contributed by atoms with Gasteiger partial charge in [-0.05, 0) is 22.6 Å². The van der Waals surface area contributed by atoms with E-state index in [0.717, 1.165) is 23.5 Å². The van der Waals surface area contributed by atoms with Crippen LogP contribution in [0, 0.1) is 19.5 Å². The molecule has 0 saturated heterocycles. The van der Waals surface area contributed by atoms with Gasteiger partial charge in [0.2, 0.25) is 0 Å². The van der Waals surface area contributed by atoms with Crippen LogP contribution >= 0.6 is 33.9 Å². The molecule has 1 aromatic carbocycles. The van der Waals surface area contributed by atoms with Gasteiger partial charge in [-0.25, -0.2) is 14.2 Å². The molecule has 2 rings (SSSR count). The minimum atomic E-state index is -1.15. The number of halogens is 2. The molecule has 0 aliphatic heterocycles. The maximum absolute atomic E-state index is 13.5. The first kappa shape index (κ1) is 15.6. The summed E-state index contributed by atoms with van der Waals surface area (Å²) in [5.74, 6) is -1.72. The number of nitro benzene ring substituents is 1. The van der Waals surface area contributed by atoms with Crippen molar-refractivity contribution < 1.29 is 19.2 Å². The van der Waals surface area contributed by atoms with Crippen LogP contribution in [-0.4, -0.2) is 21.0 Å². The van der Waals surface area contributed by atoms with Gasteiger partial charge in [0.25, 0.3) is 5.69 Å². The Balaban J connectivity index is 2.20. The van der Waals surface area contributed by atoms with Gasteiger partial charge in [0.15, 0.2) is 5.69 Å². The summed E-state index contributed by atoms with van der Waals surface area (Å²) >= 11 is 2.77. The SMILES string of the molecule is O=C(O)c1csc(CNc2cc(F)c(I)cc2[N+](=O)[O-])n1. The smallest absolute Gasteiger partial charge is 0.355 e. The Bertz CT molecular complexity index is 721. The molecule has 110 valence electrons. The summed E-state index contributed by atoms with van der Waals surface area (Å²) in [5, 5.41) is 24.2. The largest absolute Gasteiger partial charge is 0.476 e. The standard InChI is InChI=1S/C11H7FIN3O4S/c12-5-1-7(9(16(19)20)2-6(5)13)14-3-10-15-8(4-21-10)11(17)18/h1-2,4,14H,3H2,(H,17,18). The third-order valence-electron chi connectivity index (χ3n) is 2.44. The molecular weight excluding hydrogens is 416 g/mol. The predicted molar refractivity (Wildman–Crippen MR) is 82.2 cm³/mol. The number of carboxylic acid groups (broad SMARTS) is 1. The van der Waals surface area contributed by atoms with Crippen LogP contribution in [0.2, 0.25) is 0 Å². The molecule has 0 radical (unpaired) electrons. The second-order valence-electron chi connectivity index (χ2n) is 3.83. The quantitative estimate of drug-likeness (QED) is 0.435. The topological polar surface area (TPSA) is 105 Å². The minimum Gasteiger partial charge on any atom is -0.476 e. The number of carbonyl (C=O) groups is 1. The number of anilines is 1. The van der Waals surface area contributed by atoms with Crippen LogP contribution < -0.4 is 5.32 Å². The number of aromatic carboxylic acids is 1. The Hall–Kier alpha value is -1.82. The van der Waals surface area contributed by atoms with Crippen molar-refractivity contribution in [3.8, 4) is 0 Å². The second-order valence-corrected chi connectivity index (χ2v) is 5.93. The molecule has 1 aromatic heterocycles. The van der Waals surface area contributed by atoms with E-state index >= 15 is 0 Å². The lowest BCUT2D eigenvalue weighted by atomic mass is 10.2. The fourth-order valence-electron chi connectivity index (χ4n) is 1.49. The van der Waals surface area contributed by atoms with E-state index in [1.54, 1.807) is 22.6 Å². The van der Waals surface area contributed by atoms with Crippen molar-refractivity contribution in [2.45, 2.75) is 6.54 Å². The summed E-state index contributed by atoms with van der Waals surface area (Å²) in [6.07, 6.45) is 0. The van der Waals surface area contributed by atoms with Crippen LogP contribution in [0.1, 0.15) is 15.5 Å². The zero-order chi connectivity index (χ0) is 15.6. The number of hydrogen-bond donors (Lipinski definition) is 2. The summed E-state index contributed by atoms with van der Waals surface area (Å²) in [5.41, 5.74) is -0.333. The van der Waals surface area contributed by atoms with E-state index in [1.165, 1.54) is 5.38 Å². The summed E-state index contributed by atoms with van der Waals surface area (Å²) in [4.78, 5) is 24.9. The van der Waals surface area contributed by atoms with Gasteiger partial charge >= 0.3 is 5.97 Å². The molecule has 2 N–H and O–H groups in total. The highest BCUT2D eigenvalue weighted by Gasteiger charge is 2.18. The molecule has 0 bridgehead atoms. The molecule has 0 atom stereocenters.